The van der Waals surface area contributed by atoms with Crippen LogP contribution in [0.3, 0.4) is 0 Å². The van der Waals surface area contributed by atoms with Gasteiger partial charge in [-0.25, -0.2) is 4.98 Å². The Labute approximate surface area is 124 Å². The first-order chi connectivity index (χ1) is 10.3. The molecule has 1 N–H and O–H groups in total. The lowest BCUT2D eigenvalue weighted by atomic mass is 9.97. The molecule has 0 saturated carbocycles. The Bertz CT molecular complexity index is 540. The van der Waals surface area contributed by atoms with E-state index in [-0.39, 0.29) is 12.5 Å². The lowest BCUT2D eigenvalue weighted by Crippen LogP contribution is -2.40. The highest BCUT2D eigenvalue weighted by Crippen LogP contribution is 2.19. The van der Waals surface area contributed by atoms with E-state index in [1.807, 2.05) is 4.90 Å². The second-order valence-electron chi connectivity index (χ2n) is 5.05. The molecule has 21 heavy (non-hydrogen) atoms. The third-order valence-electron chi connectivity index (χ3n) is 3.62. The van der Waals surface area contributed by atoms with Crippen LogP contribution in [0.5, 0.6) is 0 Å². The molecular weight excluding hydrogens is 268 g/mol. The van der Waals surface area contributed by atoms with Crippen molar-refractivity contribution in [3.05, 3.63) is 29.6 Å². The van der Waals surface area contributed by atoms with Crippen LogP contribution in [-0.2, 0) is 4.74 Å². The zero-order chi connectivity index (χ0) is 15.1. The lowest BCUT2D eigenvalue weighted by molar-refractivity contribution is 0.0608. The Hall–Kier alpha value is -1.90. The first-order valence-electron chi connectivity index (χ1n) is 7.09. The number of amides is 1. The number of hydrogen-bond donors (Lipinski definition) is 1. The van der Waals surface area contributed by atoms with Gasteiger partial charge in [0, 0.05) is 33.0 Å². The summed E-state index contributed by atoms with van der Waals surface area (Å²) < 4.78 is 5.17. The summed E-state index contributed by atoms with van der Waals surface area (Å²) in [5, 5.41) is 8.78. The molecule has 1 aromatic heterocycles. The van der Waals surface area contributed by atoms with E-state index in [1.165, 1.54) is 0 Å². The first kappa shape index (κ1) is 15.5. The van der Waals surface area contributed by atoms with E-state index in [0.717, 1.165) is 32.5 Å². The van der Waals surface area contributed by atoms with E-state index in [9.17, 15) is 4.79 Å². The number of methoxy groups -OCH3 is 1. The van der Waals surface area contributed by atoms with Gasteiger partial charge in [-0.2, -0.15) is 0 Å². The smallest absolute Gasteiger partial charge is 0.273 e. The fraction of sp³-hybridized carbons (Fsp3) is 0.500. The van der Waals surface area contributed by atoms with Crippen molar-refractivity contribution in [2.75, 3.05) is 33.4 Å². The van der Waals surface area contributed by atoms with Gasteiger partial charge in [-0.3, -0.25) is 4.79 Å². The number of carbonyl (C=O) groups excluding carboxylic acids is 1. The van der Waals surface area contributed by atoms with E-state index in [0.29, 0.717) is 17.2 Å². The molecule has 0 radical (unpaired) electrons. The molecule has 1 saturated heterocycles. The molecule has 0 atom stereocenters. The largest absolute Gasteiger partial charge is 0.384 e. The standard InChI is InChI=1S/C16H20N2O3/c1-21-12-13-6-9-18(10-7-13)16(20)15-14(5-3-11-19)4-2-8-17-15/h2,4,8,13,19H,6-7,9-12H2,1H3. The minimum absolute atomic E-state index is 0.0892. The summed E-state index contributed by atoms with van der Waals surface area (Å²) in [7, 11) is 1.71. The molecule has 5 heteroatoms. The Morgan fingerprint density at radius 2 is 2.29 bits per heavy atom. The molecule has 0 aliphatic carbocycles. The molecule has 0 aromatic carbocycles. The maximum Gasteiger partial charge on any atom is 0.273 e. The van der Waals surface area contributed by atoms with Crippen LogP contribution in [0.25, 0.3) is 0 Å². The maximum atomic E-state index is 12.6. The molecule has 0 bridgehead atoms. The number of rotatable bonds is 3. The molecule has 1 fully saturated rings. The van der Waals surface area contributed by atoms with Gasteiger partial charge in [0.15, 0.2) is 0 Å². The van der Waals surface area contributed by atoms with Crippen molar-refractivity contribution in [2.45, 2.75) is 12.8 Å². The fourth-order valence-electron chi connectivity index (χ4n) is 2.50. The van der Waals surface area contributed by atoms with Gasteiger partial charge in [-0.05, 0) is 30.9 Å². The third kappa shape index (κ3) is 4.03. The number of likely N-dealkylation sites (tertiary alicyclic amines) is 1. The zero-order valence-electron chi connectivity index (χ0n) is 12.2. The lowest BCUT2D eigenvalue weighted by Gasteiger charge is -2.31. The summed E-state index contributed by atoms with van der Waals surface area (Å²) >= 11 is 0. The summed E-state index contributed by atoms with van der Waals surface area (Å²) in [6, 6.07) is 3.49. The highest BCUT2D eigenvalue weighted by Gasteiger charge is 2.25. The van der Waals surface area contributed by atoms with Gasteiger partial charge in [0.25, 0.3) is 5.91 Å². The van der Waals surface area contributed by atoms with Crippen LogP contribution < -0.4 is 0 Å². The van der Waals surface area contributed by atoms with Gasteiger partial charge >= 0.3 is 0 Å². The summed E-state index contributed by atoms with van der Waals surface area (Å²) in [4.78, 5) is 18.5. The molecule has 1 aliphatic rings. The number of pyridine rings is 1. The van der Waals surface area contributed by atoms with Crippen LogP contribution in [0, 0.1) is 17.8 Å². The highest BCUT2D eigenvalue weighted by molar-refractivity contribution is 5.94. The first-order valence-corrected chi connectivity index (χ1v) is 7.09. The highest BCUT2D eigenvalue weighted by atomic mass is 16.5. The van der Waals surface area contributed by atoms with Gasteiger partial charge in [0.2, 0.25) is 0 Å². The van der Waals surface area contributed by atoms with Gasteiger partial charge in [-0.1, -0.05) is 11.8 Å². The number of aliphatic hydroxyl groups excluding tert-OH is 1. The fourth-order valence-corrected chi connectivity index (χ4v) is 2.50. The molecule has 1 aromatic rings. The molecule has 112 valence electrons. The van der Waals surface area contributed by atoms with Crippen LogP contribution in [0.1, 0.15) is 28.9 Å². The normalized spacial score (nSPS) is 15.4. The molecule has 2 heterocycles. The predicted octanol–water partition coefficient (Wildman–Crippen LogP) is 0.924. The molecule has 1 amide bonds. The van der Waals surface area contributed by atoms with Crippen LogP contribution in [0.4, 0.5) is 0 Å². The Balaban J connectivity index is 2.07. The van der Waals surface area contributed by atoms with E-state index in [4.69, 9.17) is 9.84 Å². The summed E-state index contributed by atoms with van der Waals surface area (Å²) in [5.74, 6) is 5.78. The quantitative estimate of drug-likeness (QED) is 0.840. The molecule has 0 unspecified atom stereocenters. The molecular formula is C16H20N2O3. The van der Waals surface area contributed by atoms with Crippen LogP contribution >= 0.6 is 0 Å². The average molecular weight is 288 g/mol. The number of aliphatic hydroxyl groups is 1. The van der Waals surface area contributed by atoms with Crippen molar-refractivity contribution in [2.24, 2.45) is 5.92 Å². The van der Waals surface area contributed by atoms with Gasteiger partial charge in [-0.15, -0.1) is 0 Å². The van der Waals surface area contributed by atoms with Gasteiger partial charge in [0.05, 0.1) is 5.56 Å². The van der Waals surface area contributed by atoms with Crippen molar-refractivity contribution in [1.82, 2.24) is 9.88 Å². The van der Waals surface area contributed by atoms with E-state index in [2.05, 4.69) is 16.8 Å². The minimum Gasteiger partial charge on any atom is -0.384 e. The van der Waals surface area contributed by atoms with E-state index in [1.54, 1.807) is 25.4 Å². The number of aromatic nitrogens is 1. The maximum absolute atomic E-state index is 12.6. The van der Waals surface area contributed by atoms with E-state index < -0.39 is 0 Å². The van der Waals surface area contributed by atoms with Crippen LogP contribution in [0.2, 0.25) is 0 Å². The molecule has 0 spiro atoms. The number of ether oxygens (including phenoxy) is 1. The van der Waals surface area contributed by atoms with Crippen molar-refractivity contribution in [3.63, 3.8) is 0 Å². The molecule has 1 aliphatic heterocycles. The Kier molecular flexibility index (Phi) is 5.73. The van der Waals surface area contributed by atoms with Gasteiger partial charge < -0.3 is 14.7 Å². The summed E-state index contributed by atoms with van der Waals surface area (Å²) in [6.07, 6.45) is 3.49. The Morgan fingerprint density at radius 1 is 1.52 bits per heavy atom. The summed E-state index contributed by atoms with van der Waals surface area (Å²) in [5.41, 5.74) is 0.930. The zero-order valence-corrected chi connectivity index (χ0v) is 12.2. The van der Waals surface area contributed by atoms with Crippen LogP contribution in [-0.4, -0.2) is 54.3 Å². The number of hydrogen-bond acceptors (Lipinski definition) is 4. The second kappa shape index (κ2) is 7.77. The molecule has 2 rings (SSSR count). The van der Waals surface area contributed by atoms with Crippen molar-refractivity contribution in [1.29, 1.82) is 0 Å². The average Bonchev–Trinajstić information content (AvgIpc) is 2.53. The number of nitrogens with zero attached hydrogens (tertiary/aromatic N) is 2. The number of piperidine rings is 1. The second-order valence-corrected chi connectivity index (χ2v) is 5.05. The third-order valence-corrected chi connectivity index (χ3v) is 3.62. The Morgan fingerprint density at radius 3 is 2.95 bits per heavy atom. The predicted molar refractivity (Wildman–Crippen MR) is 78.7 cm³/mol. The molecule has 5 nitrogen and oxygen atoms in total. The minimum atomic E-state index is -0.231. The summed E-state index contributed by atoms with van der Waals surface area (Å²) in [6.45, 7) is 1.95. The van der Waals surface area contributed by atoms with Gasteiger partial charge in [0.1, 0.15) is 12.3 Å². The number of carbonyl (C=O) groups is 1. The van der Waals surface area contributed by atoms with Crippen LogP contribution in [0.15, 0.2) is 18.3 Å². The monoisotopic (exact) mass is 288 g/mol. The van der Waals surface area contributed by atoms with Crippen molar-refractivity contribution >= 4 is 5.91 Å². The van der Waals surface area contributed by atoms with Crippen molar-refractivity contribution < 1.29 is 14.6 Å². The topological polar surface area (TPSA) is 62.7 Å². The van der Waals surface area contributed by atoms with E-state index >= 15 is 0 Å². The van der Waals surface area contributed by atoms with Crippen molar-refractivity contribution in [3.8, 4) is 11.8 Å². The SMILES string of the molecule is COCC1CCN(C(=O)c2ncccc2C#CCO)CC1.